The Kier molecular flexibility index (Phi) is 8.28. The van der Waals surface area contributed by atoms with Crippen molar-refractivity contribution in [2.24, 2.45) is 5.92 Å². The van der Waals surface area contributed by atoms with E-state index in [0.717, 1.165) is 37.8 Å². The number of hydrogen-bond donors (Lipinski definition) is 1. The molecule has 2 aliphatic heterocycles. The zero-order valence-electron chi connectivity index (χ0n) is 19.4. The van der Waals surface area contributed by atoms with Crippen LogP contribution in [-0.4, -0.2) is 60.7 Å². The van der Waals surface area contributed by atoms with Crippen molar-refractivity contribution in [1.82, 2.24) is 19.5 Å². The molecule has 2 atom stereocenters. The highest BCUT2D eigenvalue weighted by Crippen LogP contribution is 2.28. The Morgan fingerprint density at radius 1 is 1.03 bits per heavy atom. The van der Waals surface area contributed by atoms with Crippen molar-refractivity contribution < 1.29 is 17.6 Å². The van der Waals surface area contributed by atoms with Crippen LogP contribution in [0.5, 0.6) is 0 Å². The Labute approximate surface area is 201 Å². The number of benzene rings is 1. The summed E-state index contributed by atoms with van der Waals surface area (Å²) in [7, 11) is -3.66. The van der Waals surface area contributed by atoms with Crippen LogP contribution in [0.4, 0.5) is 4.39 Å². The van der Waals surface area contributed by atoms with Crippen molar-refractivity contribution in [2.45, 2.75) is 50.4 Å². The molecule has 7 nitrogen and oxygen atoms in total. The topological polar surface area (TPSA) is 82.6 Å². The Hall–Kier alpha value is -2.36. The smallest absolute Gasteiger partial charge is 0.224 e. The lowest BCUT2D eigenvalue weighted by molar-refractivity contribution is -0.129. The summed E-state index contributed by atoms with van der Waals surface area (Å²) in [4.78, 5) is 19.5. The number of halogens is 1. The fraction of sp³-hybridized carbons (Fsp3) is 0.520. The Bertz CT molecular complexity index is 1070. The van der Waals surface area contributed by atoms with E-state index in [1.807, 2.05) is 12.1 Å². The van der Waals surface area contributed by atoms with E-state index in [0.29, 0.717) is 25.1 Å². The van der Waals surface area contributed by atoms with Crippen molar-refractivity contribution in [2.75, 3.05) is 26.2 Å². The number of hydrogen-bond acceptors (Lipinski definition) is 5. The van der Waals surface area contributed by atoms with Crippen molar-refractivity contribution in [3.63, 3.8) is 0 Å². The van der Waals surface area contributed by atoms with Gasteiger partial charge >= 0.3 is 0 Å². The molecule has 1 aromatic heterocycles. The van der Waals surface area contributed by atoms with Crippen LogP contribution < -0.4 is 5.32 Å². The second-order valence-corrected chi connectivity index (χ2v) is 11.2. The lowest BCUT2D eigenvalue weighted by Crippen LogP contribution is -2.57. The Morgan fingerprint density at radius 3 is 2.62 bits per heavy atom. The van der Waals surface area contributed by atoms with Crippen LogP contribution in [0, 0.1) is 11.7 Å². The zero-order chi connectivity index (χ0) is 24.0. The van der Waals surface area contributed by atoms with Gasteiger partial charge in [-0.2, -0.15) is 0 Å². The van der Waals surface area contributed by atoms with Gasteiger partial charge in [0, 0.05) is 44.6 Å². The summed E-state index contributed by atoms with van der Waals surface area (Å²) in [5, 5.41) is 3.08. The van der Waals surface area contributed by atoms with E-state index in [9.17, 15) is 17.6 Å². The minimum absolute atomic E-state index is 0.00815. The molecule has 3 heterocycles. The fourth-order valence-corrected chi connectivity index (χ4v) is 6.53. The summed E-state index contributed by atoms with van der Waals surface area (Å²) < 4.78 is 41.7. The van der Waals surface area contributed by atoms with Crippen molar-refractivity contribution in [1.29, 1.82) is 0 Å². The average Bonchev–Trinajstić information content (AvgIpc) is 2.85. The molecule has 1 amide bonds. The second-order valence-electron chi connectivity index (χ2n) is 9.24. The van der Waals surface area contributed by atoms with Crippen LogP contribution in [0.1, 0.15) is 43.2 Å². The van der Waals surface area contributed by atoms with Gasteiger partial charge in [0.25, 0.3) is 0 Å². The number of carbonyl (C=O) groups is 1. The number of fused-ring (bicyclic) bond motifs is 1. The van der Waals surface area contributed by atoms with Crippen LogP contribution in [0.2, 0.25) is 0 Å². The van der Waals surface area contributed by atoms with Gasteiger partial charge in [0.15, 0.2) is 0 Å². The number of amides is 1. The molecule has 0 unspecified atom stereocenters. The molecule has 34 heavy (non-hydrogen) atoms. The maximum atomic E-state index is 13.6. The largest absolute Gasteiger partial charge is 0.356 e. The van der Waals surface area contributed by atoms with Gasteiger partial charge in [0.1, 0.15) is 5.82 Å². The normalized spacial score (nSPS) is 23.5. The number of piperidine rings is 1. The van der Waals surface area contributed by atoms with E-state index < -0.39 is 15.8 Å². The number of pyridine rings is 1. The van der Waals surface area contributed by atoms with E-state index in [-0.39, 0.29) is 36.7 Å². The summed E-state index contributed by atoms with van der Waals surface area (Å²) in [5.74, 6) is -0.969. The molecule has 0 saturated carbocycles. The first-order valence-corrected chi connectivity index (χ1v) is 13.7. The maximum absolute atomic E-state index is 13.6. The molecule has 1 aromatic carbocycles. The van der Waals surface area contributed by atoms with E-state index in [1.165, 1.54) is 22.5 Å². The molecule has 0 spiro atoms. The minimum atomic E-state index is -3.66. The van der Waals surface area contributed by atoms with E-state index >= 15 is 0 Å². The molecular weight excluding hydrogens is 455 g/mol. The molecule has 2 fully saturated rings. The third-order valence-corrected chi connectivity index (χ3v) is 8.60. The SMILES string of the molecule is O=C1NCCCCCCN(Cc2ccncc2)[C@@H]2CN(S(=O)(=O)Cc3cccc(F)c3)CC[C@H]12. The highest BCUT2D eigenvalue weighted by molar-refractivity contribution is 7.88. The first kappa shape index (κ1) is 24.8. The van der Waals surface area contributed by atoms with Crippen LogP contribution in [0.3, 0.4) is 0 Å². The lowest BCUT2D eigenvalue weighted by Gasteiger charge is -2.43. The third kappa shape index (κ3) is 6.40. The van der Waals surface area contributed by atoms with Crippen molar-refractivity contribution >= 4 is 15.9 Å². The molecule has 2 aliphatic rings. The third-order valence-electron chi connectivity index (χ3n) is 6.79. The fourth-order valence-electron chi connectivity index (χ4n) is 4.98. The van der Waals surface area contributed by atoms with Crippen LogP contribution in [0.25, 0.3) is 0 Å². The van der Waals surface area contributed by atoms with Gasteiger partial charge in [-0.1, -0.05) is 25.0 Å². The van der Waals surface area contributed by atoms with Crippen LogP contribution >= 0.6 is 0 Å². The molecule has 184 valence electrons. The summed E-state index contributed by atoms with van der Waals surface area (Å²) in [6.45, 7) is 2.63. The summed E-state index contributed by atoms with van der Waals surface area (Å²) in [5.41, 5.74) is 1.51. The molecule has 0 bridgehead atoms. The summed E-state index contributed by atoms with van der Waals surface area (Å²) in [6.07, 6.45) is 8.06. The molecule has 0 radical (unpaired) electrons. The van der Waals surface area contributed by atoms with Crippen molar-refractivity contribution in [3.8, 4) is 0 Å². The van der Waals surface area contributed by atoms with E-state index in [1.54, 1.807) is 18.5 Å². The van der Waals surface area contributed by atoms with Crippen molar-refractivity contribution in [3.05, 3.63) is 65.7 Å². The average molecular weight is 489 g/mol. The van der Waals surface area contributed by atoms with Gasteiger partial charge in [0.2, 0.25) is 15.9 Å². The van der Waals surface area contributed by atoms with Gasteiger partial charge in [-0.15, -0.1) is 0 Å². The maximum Gasteiger partial charge on any atom is 0.224 e. The first-order chi connectivity index (χ1) is 16.4. The molecule has 1 N–H and O–H groups in total. The monoisotopic (exact) mass is 488 g/mol. The van der Waals surface area contributed by atoms with Crippen LogP contribution in [-0.2, 0) is 27.1 Å². The van der Waals surface area contributed by atoms with Gasteiger partial charge in [-0.05, 0) is 61.2 Å². The summed E-state index contributed by atoms with van der Waals surface area (Å²) >= 11 is 0. The number of sulfonamides is 1. The van der Waals surface area contributed by atoms with E-state index in [4.69, 9.17) is 0 Å². The van der Waals surface area contributed by atoms with Gasteiger partial charge in [-0.3, -0.25) is 14.7 Å². The van der Waals surface area contributed by atoms with Gasteiger partial charge in [0.05, 0.1) is 11.7 Å². The predicted octanol–water partition coefficient (Wildman–Crippen LogP) is 2.93. The first-order valence-electron chi connectivity index (χ1n) is 12.1. The quantitative estimate of drug-likeness (QED) is 0.700. The minimum Gasteiger partial charge on any atom is -0.356 e. The highest BCUT2D eigenvalue weighted by atomic mass is 32.2. The Balaban J connectivity index is 1.59. The van der Waals surface area contributed by atoms with Crippen LogP contribution in [0.15, 0.2) is 48.8 Å². The van der Waals surface area contributed by atoms with Gasteiger partial charge < -0.3 is 5.32 Å². The number of nitrogens with one attached hydrogen (secondary N) is 1. The molecular formula is C25H33FN4O3S. The number of nitrogens with zero attached hydrogens (tertiary/aromatic N) is 3. The molecule has 2 aromatic rings. The van der Waals surface area contributed by atoms with E-state index in [2.05, 4.69) is 15.2 Å². The zero-order valence-corrected chi connectivity index (χ0v) is 20.2. The molecule has 2 saturated heterocycles. The van der Waals surface area contributed by atoms with Gasteiger partial charge in [-0.25, -0.2) is 17.1 Å². The Morgan fingerprint density at radius 2 is 1.82 bits per heavy atom. The second kappa shape index (κ2) is 11.4. The standard InChI is InChI=1S/C25H33FN4O3S/c26-22-7-5-6-21(16-22)19-34(32,33)30-15-10-23-24(18-30)29(17-20-8-12-27-13-9-20)14-4-2-1-3-11-28-25(23)31/h5-9,12-13,16,23-24H,1-4,10-11,14-15,17-19H2,(H,28,31)/t23-,24+/m0/s1. The molecule has 4 rings (SSSR count). The number of carbonyl (C=O) groups excluding carboxylic acids is 1. The highest BCUT2D eigenvalue weighted by Gasteiger charge is 2.41. The number of aromatic nitrogens is 1. The molecule has 9 heteroatoms. The lowest BCUT2D eigenvalue weighted by atomic mass is 9.90. The predicted molar refractivity (Wildman–Crippen MR) is 129 cm³/mol. The summed E-state index contributed by atoms with van der Waals surface area (Å²) in [6, 6.07) is 9.41. The number of rotatable bonds is 5. The molecule has 0 aliphatic carbocycles.